The lowest BCUT2D eigenvalue weighted by Gasteiger charge is -2.03. The molecule has 0 radical (unpaired) electrons. The van der Waals surface area contributed by atoms with Crippen molar-refractivity contribution in [3.05, 3.63) is 46.5 Å². The van der Waals surface area contributed by atoms with Crippen LogP contribution >= 0.6 is 0 Å². The van der Waals surface area contributed by atoms with Crippen LogP contribution in [-0.4, -0.2) is 19.5 Å². The second-order valence-electron chi connectivity index (χ2n) is 3.21. The summed E-state index contributed by atoms with van der Waals surface area (Å²) in [6, 6.07) is 3.57. The van der Waals surface area contributed by atoms with Gasteiger partial charge in [0.15, 0.2) is 0 Å². The van der Waals surface area contributed by atoms with Crippen LogP contribution in [0.4, 0.5) is 11.6 Å². The number of nitrogens with two attached hydrogens (primary N) is 1. The molecule has 0 aromatic carbocycles. The third-order valence-corrected chi connectivity index (χ3v) is 2.09. The first kappa shape index (κ1) is 10.1. The molecule has 2 aromatic rings. The molecule has 0 saturated carbocycles. The fourth-order valence-electron chi connectivity index (χ4n) is 1.31. The second kappa shape index (κ2) is 3.97. The summed E-state index contributed by atoms with van der Waals surface area (Å²) < 4.78 is 1.59. The normalized spacial score (nSPS) is 10.2. The van der Waals surface area contributed by atoms with Crippen LogP contribution in [-0.2, 0) is 6.54 Å². The topological polar surface area (TPSA) is 99.9 Å². The number of nitrogen functional groups attached to an aromatic ring is 1. The molecule has 0 bridgehead atoms. The Labute approximate surface area is 90.7 Å². The van der Waals surface area contributed by atoms with Crippen molar-refractivity contribution in [2.24, 2.45) is 0 Å². The lowest BCUT2D eigenvalue weighted by molar-refractivity contribution is -0.389. The van der Waals surface area contributed by atoms with Gasteiger partial charge in [0.25, 0.3) is 0 Å². The van der Waals surface area contributed by atoms with Crippen LogP contribution in [0.5, 0.6) is 0 Å². The molecule has 7 nitrogen and oxygen atoms in total. The van der Waals surface area contributed by atoms with Gasteiger partial charge >= 0.3 is 5.82 Å². The van der Waals surface area contributed by atoms with E-state index in [9.17, 15) is 10.1 Å². The van der Waals surface area contributed by atoms with E-state index < -0.39 is 4.92 Å². The standard InChI is InChI=1S/C9H9N5O2/c10-9-7(2-1-3-11-9)4-13-5-8(12-6-13)14(15)16/h1-3,5-6H,4H2,(H2,10,11). The average Bonchev–Trinajstić information content (AvgIpc) is 2.70. The Morgan fingerprint density at radius 1 is 1.50 bits per heavy atom. The van der Waals surface area contributed by atoms with E-state index in [4.69, 9.17) is 5.73 Å². The number of hydrogen-bond donors (Lipinski definition) is 1. The molecule has 0 amide bonds. The molecule has 82 valence electrons. The number of nitro groups is 1. The lowest BCUT2D eigenvalue weighted by atomic mass is 10.2. The zero-order valence-corrected chi connectivity index (χ0v) is 8.28. The Balaban J connectivity index is 2.21. The van der Waals surface area contributed by atoms with E-state index >= 15 is 0 Å². The van der Waals surface area contributed by atoms with E-state index in [0.29, 0.717) is 12.4 Å². The van der Waals surface area contributed by atoms with E-state index in [0.717, 1.165) is 5.56 Å². The van der Waals surface area contributed by atoms with Gasteiger partial charge in [0.05, 0.1) is 6.54 Å². The van der Waals surface area contributed by atoms with Crippen molar-refractivity contribution < 1.29 is 4.92 Å². The van der Waals surface area contributed by atoms with Gasteiger partial charge in [-0.05, 0) is 16.0 Å². The maximum atomic E-state index is 10.4. The largest absolute Gasteiger partial charge is 0.383 e. The van der Waals surface area contributed by atoms with Gasteiger partial charge in [0.1, 0.15) is 12.0 Å². The Bertz CT molecular complexity index is 522. The molecule has 0 atom stereocenters. The summed E-state index contributed by atoms with van der Waals surface area (Å²) in [5, 5.41) is 10.4. The Morgan fingerprint density at radius 3 is 2.94 bits per heavy atom. The smallest absolute Gasteiger partial charge is 0.381 e. The molecule has 0 saturated heterocycles. The highest BCUT2D eigenvalue weighted by atomic mass is 16.6. The maximum absolute atomic E-state index is 10.4. The van der Waals surface area contributed by atoms with Crippen molar-refractivity contribution in [3.8, 4) is 0 Å². The van der Waals surface area contributed by atoms with E-state index in [-0.39, 0.29) is 5.82 Å². The van der Waals surface area contributed by atoms with Crippen LogP contribution in [0.2, 0.25) is 0 Å². The minimum absolute atomic E-state index is 0.178. The summed E-state index contributed by atoms with van der Waals surface area (Å²) in [6.07, 6.45) is 4.34. The highest BCUT2D eigenvalue weighted by molar-refractivity contribution is 5.38. The number of rotatable bonds is 3. The monoisotopic (exact) mass is 219 g/mol. The zero-order chi connectivity index (χ0) is 11.5. The quantitative estimate of drug-likeness (QED) is 0.608. The fraction of sp³-hybridized carbons (Fsp3) is 0.111. The molecule has 16 heavy (non-hydrogen) atoms. The number of anilines is 1. The van der Waals surface area contributed by atoms with Crippen molar-refractivity contribution in [1.82, 2.24) is 14.5 Å². The third kappa shape index (κ3) is 1.97. The SMILES string of the molecule is Nc1ncccc1Cn1cnc([N+](=O)[O-])c1. The first-order chi connectivity index (χ1) is 7.66. The van der Waals surface area contributed by atoms with Gasteiger partial charge in [0, 0.05) is 11.8 Å². The van der Waals surface area contributed by atoms with Gasteiger partial charge in [-0.25, -0.2) is 4.98 Å². The molecule has 2 rings (SSSR count). The molecule has 2 heterocycles. The van der Waals surface area contributed by atoms with Gasteiger partial charge < -0.3 is 20.4 Å². The van der Waals surface area contributed by atoms with Gasteiger partial charge in [0.2, 0.25) is 6.33 Å². The number of imidazole rings is 1. The van der Waals surface area contributed by atoms with Crippen molar-refractivity contribution in [3.63, 3.8) is 0 Å². The number of aromatic nitrogens is 3. The molecular weight excluding hydrogens is 210 g/mol. The van der Waals surface area contributed by atoms with Crippen molar-refractivity contribution in [1.29, 1.82) is 0 Å². The minimum atomic E-state index is -0.539. The minimum Gasteiger partial charge on any atom is -0.383 e. The highest BCUT2D eigenvalue weighted by Crippen LogP contribution is 2.12. The predicted molar refractivity (Wildman–Crippen MR) is 56.6 cm³/mol. The Kier molecular flexibility index (Phi) is 2.50. The third-order valence-electron chi connectivity index (χ3n) is 2.09. The average molecular weight is 219 g/mol. The molecule has 0 aliphatic heterocycles. The molecule has 0 aliphatic rings. The summed E-state index contributed by atoms with van der Waals surface area (Å²) in [5.74, 6) is 0.237. The number of pyridine rings is 1. The highest BCUT2D eigenvalue weighted by Gasteiger charge is 2.10. The van der Waals surface area contributed by atoms with Crippen LogP contribution in [0.3, 0.4) is 0 Å². The van der Waals surface area contributed by atoms with Gasteiger partial charge in [-0.3, -0.25) is 0 Å². The van der Waals surface area contributed by atoms with Crippen LogP contribution in [0.1, 0.15) is 5.56 Å². The van der Waals surface area contributed by atoms with Gasteiger partial charge in [-0.1, -0.05) is 6.07 Å². The first-order valence-corrected chi connectivity index (χ1v) is 4.52. The van der Waals surface area contributed by atoms with E-state index in [1.165, 1.54) is 12.5 Å². The maximum Gasteiger partial charge on any atom is 0.381 e. The second-order valence-corrected chi connectivity index (χ2v) is 3.21. The van der Waals surface area contributed by atoms with Crippen molar-refractivity contribution >= 4 is 11.6 Å². The molecule has 0 spiro atoms. The van der Waals surface area contributed by atoms with Crippen LogP contribution < -0.4 is 5.73 Å². The predicted octanol–water partition coefficient (Wildman–Crippen LogP) is 0.817. The van der Waals surface area contributed by atoms with Gasteiger partial charge in [-0.2, -0.15) is 0 Å². The van der Waals surface area contributed by atoms with E-state index in [2.05, 4.69) is 9.97 Å². The van der Waals surface area contributed by atoms with Crippen LogP contribution in [0.25, 0.3) is 0 Å². The molecule has 0 unspecified atom stereocenters. The van der Waals surface area contributed by atoms with Crippen molar-refractivity contribution in [2.75, 3.05) is 5.73 Å². The van der Waals surface area contributed by atoms with E-state index in [1.807, 2.05) is 6.07 Å². The summed E-state index contributed by atoms with van der Waals surface area (Å²) >= 11 is 0. The molecule has 2 aromatic heterocycles. The van der Waals surface area contributed by atoms with Crippen molar-refractivity contribution in [2.45, 2.75) is 6.54 Å². The van der Waals surface area contributed by atoms with Crippen LogP contribution in [0, 0.1) is 10.1 Å². The van der Waals surface area contributed by atoms with Gasteiger partial charge in [-0.15, -0.1) is 0 Å². The Hall–Kier alpha value is -2.44. The van der Waals surface area contributed by atoms with E-state index in [1.54, 1.807) is 16.8 Å². The zero-order valence-electron chi connectivity index (χ0n) is 8.28. The number of hydrogen-bond acceptors (Lipinski definition) is 5. The summed E-state index contributed by atoms with van der Waals surface area (Å²) in [5.41, 5.74) is 6.46. The summed E-state index contributed by atoms with van der Waals surface area (Å²) in [6.45, 7) is 0.417. The molecule has 0 aliphatic carbocycles. The molecule has 7 heteroatoms. The molecule has 0 fully saturated rings. The fourth-order valence-corrected chi connectivity index (χ4v) is 1.31. The number of nitrogens with zero attached hydrogens (tertiary/aromatic N) is 4. The molecule has 2 N–H and O–H groups in total. The summed E-state index contributed by atoms with van der Waals surface area (Å²) in [7, 11) is 0. The van der Waals surface area contributed by atoms with Crippen LogP contribution in [0.15, 0.2) is 30.9 Å². The molecular formula is C9H9N5O2. The Morgan fingerprint density at radius 2 is 2.31 bits per heavy atom. The lowest BCUT2D eigenvalue weighted by Crippen LogP contribution is -2.02. The first-order valence-electron chi connectivity index (χ1n) is 4.52. The summed E-state index contributed by atoms with van der Waals surface area (Å²) in [4.78, 5) is 17.5.